The Labute approximate surface area is 160 Å². The van der Waals surface area contributed by atoms with Gasteiger partial charge in [-0.25, -0.2) is 8.42 Å². The number of carbonyl (C=O) groups is 1. The van der Waals surface area contributed by atoms with E-state index in [1.54, 1.807) is 43.3 Å². The van der Waals surface area contributed by atoms with E-state index in [1.807, 2.05) is 13.0 Å². The summed E-state index contributed by atoms with van der Waals surface area (Å²) in [6, 6.07) is 12.0. The van der Waals surface area contributed by atoms with Gasteiger partial charge >= 0.3 is 0 Å². The minimum atomic E-state index is -3.73. The first-order valence-electron chi connectivity index (χ1n) is 9.07. The molecule has 3 N–H and O–H groups in total. The standard InChI is InChI=1S/C20H25N3O3S/c1-14-8-9-15(2)19(11-14)27(25,26)23-17-6-3-5-16(12-17)20(24)22-18-7-4-10-21-13-18/h3,5-6,8-9,11-12,18,21,23H,4,7,10,13H2,1-2H3,(H,22,24)/t18-/m0/s1. The second-order valence-electron chi connectivity index (χ2n) is 6.97. The third-order valence-electron chi connectivity index (χ3n) is 4.64. The molecule has 1 atom stereocenters. The molecule has 27 heavy (non-hydrogen) atoms. The van der Waals surface area contributed by atoms with Gasteiger partial charge in [0.05, 0.1) is 4.90 Å². The van der Waals surface area contributed by atoms with Crippen molar-refractivity contribution in [2.24, 2.45) is 0 Å². The van der Waals surface area contributed by atoms with Gasteiger partial charge in [-0.3, -0.25) is 9.52 Å². The molecule has 0 unspecified atom stereocenters. The average Bonchev–Trinajstić information content (AvgIpc) is 2.64. The average molecular weight is 388 g/mol. The zero-order valence-corrected chi connectivity index (χ0v) is 16.4. The SMILES string of the molecule is Cc1ccc(C)c(S(=O)(=O)Nc2cccc(C(=O)N[C@H]3CCCNC3)c2)c1. The maximum absolute atomic E-state index is 12.8. The minimum absolute atomic E-state index is 0.0986. The fourth-order valence-corrected chi connectivity index (χ4v) is 4.55. The summed E-state index contributed by atoms with van der Waals surface area (Å²) in [5.41, 5.74) is 2.34. The monoisotopic (exact) mass is 387 g/mol. The highest BCUT2D eigenvalue weighted by Gasteiger charge is 2.19. The molecule has 6 nitrogen and oxygen atoms in total. The smallest absolute Gasteiger partial charge is 0.262 e. The van der Waals surface area contributed by atoms with Crippen LogP contribution in [0.5, 0.6) is 0 Å². The molecule has 0 radical (unpaired) electrons. The molecule has 3 rings (SSSR count). The van der Waals surface area contributed by atoms with Crippen LogP contribution < -0.4 is 15.4 Å². The summed E-state index contributed by atoms with van der Waals surface area (Å²) in [5, 5.41) is 6.25. The van der Waals surface area contributed by atoms with Crippen LogP contribution in [0.25, 0.3) is 0 Å². The van der Waals surface area contributed by atoms with Gasteiger partial charge in [0.25, 0.3) is 15.9 Å². The van der Waals surface area contributed by atoms with E-state index >= 15 is 0 Å². The second-order valence-corrected chi connectivity index (χ2v) is 8.62. The summed E-state index contributed by atoms with van der Waals surface area (Å²) in [7, 11) is -3.73. The molecule has 1 heterocycles. The Hall–Kier alpha value is -2.38. The van der Waals surface area contributed by atoms with E-state index in [9.17, 15) is 13.2 Å². The van der Waals surface area contributed by atoms with Crippen LogP contribution in [0, 0.1) is 13.8 Å². The van der Waals surface area contributed by atoms with E-state index < -0.39 is 10.0 Å². The number of nitrogens with one attached hydrogen (secondary N) is 3. The van der Waals surface area contributed by atoms with Crippen molar-refractivity contribution in [2.75, 3.05) is 17.8 Å². The molecule has 0 spiro atoms. The Morgan fingerprint density at radius 2 is 1.96 bits per heavy atom. The zero-order chi connectivity index (χ0) is 19.4. The van der Waals surface area contributed by atoms with Gasteiger partial charge < -0.3 is 10.6 Å². The van der Waals surface area contributed by atoms with Gasteiger partial charge in [0.1, 0.15) is 0 Å². The Morgan fingerprint density at radius 3 is 2.70 bits per heavy atom. The van der Waals surface area contributed by atoms with E-state index in [0.717, 1.165) is 31.5 Å². The Balaban J connectivity index is 1.77. The number of benzene rings is 2. The van der Waals surface area contributed by atoms with Crippen molar-refractivity contribution in [3.63, 3.8) is 0 Å². The van der Waals surface area contributed by atoms with Crippen LogP contribution in [0.15, 0.2) is 47.4 Å². The number of aryl methyl sites for hydroxylation is 2. The number of amides is 1. The second kappa shape index (κ2) is 8.10. The third kappa shape index (κ3) is 4.87. The van der Waals surface area contributed by atoms with Gasteiger partial charge in [-0.15, -0.1) is 0 Å². The summed E-state index contributed by atoms with van der Waals surface area (Å²) in [6.45, 7) is 5.34. The summed E-state index contributed by atoms with van der Waals surface area (Å²) in [4.78, 5) is 12.7. The van der Waals surface area contributed by atoms with Crippen LogP contribution >= 0.6 is 0 Å². The third-order valence-corrected chi connectivity index (χ3v) is 6.17. The first-order valence-corrected chi connectivity index (χ1v) is 10.6. The number of anilines is 1. The van der Waals surface area contributed by atoms with Crippen molar-refractivity contribution in [2.45, 2.75) is 37.6 Å². The number of sulfonamides is 1. The van der Waals surface area contributed by atoms with Crippen LogP contribution in [0.3, 0.4) is 0 Å². The van der Waals surface area contributed by atoms with Gasteiger partial charge in [0, 0.05) is 23.8 Å². The van der Waals surface area contributed by atoms with Crippen LogP contribution in [-0.2, 0) is 10.0 Å². The molecule has 1 aliphatic heterocycles. The molecule has 1 fully saturated rings. The van der Waals surface area contributed by atoms with Gasteiger partial charge in [-0.2, -0.15) is 0 Å². The lowest BCUT2D eigenvalue weighted by atomic mass is 10.1. The fourth-order valence-electron chi connectivity index (χ4n) is 3.17. The molecule has 2 aromatic carbocycles. The molecule has 2 aromatic rings. The lowest BCUT2D eigenvalue weighted by Gasteiger charge is -2.23. The lowest BCUT2D eigenvalue weighted by Crippen LogP contribution is -2.45. The summed E-state index contributed by atoms with van der Waals surface area (Å²) in [6.07, 6.45) is 1.97. The number of hydrogen-bond acceptors (Lipinski definition) is 4. The van der Waals surface area contributed by atoms with E-state index in [2.05, 4.69) is 15.4 Å². The van der Waals surface area contributed by atoms with Crippen molar-refractivity contribution < 1.29 is 13.2 Å². The van der Waals surface area contributed by atoms with Crippen molar-refractivity contribution in [1.82, 2.24) is 10.6 Å². The van der Waals surface area contributed by atoms with Crippen LogP contribution in [-0.4, -0.2) is 33.5 Å². The zero-order valence-electron chi connectivity index (χ0n) is 15.6. The molecule has 144 valence electrons. The minimum Gasteiger partial charge on any atom is -0.348 e. The first kappa shape index (κ1) is 19.4. The van der Waals surface area contributed by atoms with Crippen molar-refractivity contribution in [1.29, 1.82) is 0 Å². The van der Waals surface area contributed by atoms with Crippen molar-refractivity contribution in [3.05, 3.63) is 59.2 Å². The van der Waals surface area contributed by atoms with E-state index in [1.165, 1.54) is 0 Å². The number of rotatable bonds is 5. The maximum atomic E-state index is 12.8. The normalized spacial score (nSPS) is 17.3. The molecule has 1 amide bonds. The lowest BCUT2D eigenvalue weighted by molar-refractivity contribution is 0.0930. The van der Waals surface area contributed by atoms with Crippen LogP contribution in [0.4, 0.5) is 5.69 Å². The first-order chi connectivity index (χ1) is 12.8. The van der Waals surface area contributed by atoms with E-state index in [-0.39, 0.29) is 16.8 Å². The Bertz CT molecular complexity index is 935. The number of carbonyl (C=O) groups excluding carboxylic acids is 1. The molecule has 0 aliphatic carbocycles. The van der Waals surface area contributed by atoms with Crippen LogP contribution in [0.1, 0.15) is 34.3 Å². The summed E-state index contributed by atoms with van der Waals surface area (Å²) in [5.74, 6) is -0.198. The molecular weight excluding hydrogens is 362 g/mol. The van der Waals surface area contributed by atoms with Crippen molar-refractivity contribution in [3.8, 4) is 0 Å². The maximum Gasteiger partial charge on any atom is 0.262 e. The molecule has 7 heteroatoms. The predicted octanol–water partition coefficient (Wildman–Crippen LogP) is 2.59. The molecule has 0 aromatic heterocycles. The topological polar surface area (TPSA) is 87.3 Å². The molecule has 0 bridgehead atoms. The number of hydrogen-bond donors (Lipinski definition) is 3. The van der Waals surface area contributed by atoms with Crippen molar-refractivity contribution >= 4 is 21.6 Å². The highest BCUT2D eigenvalue weighted by Crippen LogP contribution is 2.21. The highest BCUT2D eigenvalue weighted by atomic mass is 32.2. The molecule has 1 saturated heterocycles. The highest BCUT2D eigenvalue weighted by molar-refractivity contribution is 7.92. The Morgan fingerprint density at radius 1 is 1.15 bits per heavy atom. The van der Waals surface area contributed by atoms with E-state index in [0.29, 0.717) is 16.8 Å². The molecule has 0 saturated carbocycles. The molecule has 1 aliphatic rings. The summed E-state index contributed by atoms with van der Waals surface area (Å²) < 4.78 is 28.1. The predicted molar refractivity (Wildman–Crippen MR) is 107 cm³/mol. The quantitative estimate of drug-likeness (QED) is 0.736. The van der Waals surface area contributed by atoms with Crippen LogP contribution in [0.2, 0.25) is 0 Å². The van der Waals surface area contributed by atoms with Gasteiger partial charge in [0.2, 0.25) is 0 Å². The van der Waals surface area contributed by atoms with Gasteiger partial charge in [0.15, 0.2) is 0 Å². The van der Waals surface area contributed by atoms with Gasteiger partial charge in [-0.05, 0) is 68.6 Å². The molecular formula is C20H25N3O3S. The van der Waals surface area contributed by atoms with Gasteiger partial charge in [-0.1, -0.05) is 18.2 Å². The fraction of sp³-hybridized carbons (Fsp3) is 0.350. The summed E-state index contributed by atoms with van der Waals surface area (Å²) >= 11 is 0. The van der Waals surface area contributed by atoms with E-state index in [4.69, 9.17) is 0 Å². The Kier molecular flexibility index (Phi) is 5.82. The largest absolute Gasteiger partial charge is 0.348 e. The number of piperidine rings is 1.